The van der Waals surface area contributed by atoms with Crippen LogP contribution in [0.2, 0.25) is 0 Å². The Morgan fingerprint density at radius 3 is 2.50 bits per heavy atom. The Bertz CT molecular complexity index is 485. The number of pyridine rings is 1. The SMILES string of the molecule is Brc1ccc(CNCCCCNc2ccccn2)cc1. The molecule has 0 spiro atoms. The Labute approximate surface area is 129 Å². The molecule has 0 fully saturated rings. The summed E-state index contributed by atoms with van der Waals surface area (Å²) in [7, 11) is 0. The van der Waals surface area contributed by atoms with E-state index in [0.717, 1.165) is 42.8 Å². The Hall–Kier alpha value is -1.39. The van der Waals surface area contributed by atoms with Crippen LogP contribution in [-0.2, 0) is 6.54 Å². The molecule has 2 N–H and O–H groups in total. The summed E-state index contributed by atoms with van der Waals surface area (Å²) in [6, 6.07) is 14.3. The zero-order chi connectivity index (χ0) is 14.0. The van der Waals surface area contributed by atoms with Crippen LogP contribution in [0.1, 0.15) is 18.4 Å². The van der Waals surface area contributed by atoms with Crippen molar-refractivity contribution in [1.82, 2.24) is 10.3 Å². The van der Waals surface area contributed by atoms with Crippen LogP contribution in [0.5, 0.6) is 0 Å². The predicted molar refractivity (Wildman–Crippen MR) is 87.8 cm³/mol. The number of benzene rings is 1. The summed E-state index contributed by atoms with van der Waals surface area (Å²) in [6.07, 6.45) is 4.11. The van der Waals surface area contributed by atoms with E-state index in [9.17, 15) is 0 Å². The number of aromatic nitrogens is 1. The van der Waals surface area contributed by atoms with E-state index in [-0.39, 0.29) is 0 Å². The molecule has 0 aliphatic rings. The number of hydrogen-bond acceptors (Lipinski definition) is 3. The van der Waals surface area contributed by atoms with E-state index in [1.807, 2.05) is 24.4 Å². The summed E-state index contributed by atoms with van der Waals surface area (Å²) < 4.78 is 1.13. The molecule has 0 saturated carbocycles. The molecule has 2 aromatic rings. The fraction of sp³-hybridized carbons (Fsp3) is 0.312. The first-order valence-electron chi connectivity index (χ1n) is 6.95. The van der Waals surface area contributed by atoms with Gasteiger partial charge < -0.3 is 10.6 Å². The number of rotatable bonds is 8. The lowest BCUT2D eigenvalue weighted by Crippen LogP contribution is -2.15. The molecule has 1 aromatic carbocycles. The molecule has 0 atom stereocenters. The summed E-state index contributed by atoms with van der Waals surface area (Å²) in [5.74, 6) is 0.954. The van der Waals surface area contributed by atoms with Crippen LogP contribution in [0, 0.1) is 0 Å². The second kappa shape index (κ2) is 8.72. The molecule has 2 rings (SSSR count). The zero-order valence-corrected chi connectivity index (χ0v) is 13.1. The molecule has 0 bridgehead atoms. The first-order chi connectivity index (χ1) is 9.84. The van der Waals surface area contributed by atoms with Crippen molar-refractivity contribution in [3.05, 3.63) is 58.7 Å². The molecule has 20 heavy (non-hydrogen) atoms. The molecular formula is C16H20BrN3. The van der Waals surface area contributed by atoms with E-state index in [4.69, 9.17) is 0 Å². The molecule has 1 heterocycles. The van der Waals surface area contributed by atoms with Gasteiger partial charge >= 0.3 is 0 Å². The minimum absolute atomic E-state index is 0.931. The highest BCUT2D eigenvalue weighted by molar-refractivity contribution is 9.10. The number of unbranched alkanes of at least 4 members (excludes halogenated alkanes) is 1. The lowest BCUT2D eigenvalue weighted by Gasteiger charge is -2.06. The van der Waals surface area contributed by atoms with Crippen molar-refractivity contribution in [3.8, 4) is 0 Å². The summed E-state index contributed by atoms with van der Waals surface area (Å²) in [5, 5.41) is 6.78. The van der Waals surface area contributed by atoms with Crippen LogP contribution in [-0.4, -0.2) is 18.1 Å². The molecule has 0 amide bonds. The van der Waals surface area contributed by atoms with Gasteiger partial charge in [0.25, 0.3) is 0 Å². The fourth-order valence-electron chi connectivity index (χ4n) is 1.89. The van der Waals surface area contributed by atoms with E-state index >= 15 is 0 Å². The van der Waals surface area contributed by atoms with Crippen molar-refractivity contribution in [3.63, 3.8) is 0 Å². The minimum atomic E-state index is 0.931. The minimum Gasteiger partial charge on any atom is -0.370 e. The molecule has 4 heteroatoms. The first-order valence-corrected chi connectivity index (χ1v) is 7.74. The predicted octanol–water partition coefficient (Wildman–Crippen LogP) is 3.83. The van der Waals surface area contributed by atoms with Crippen LogP contribution in [0.15, 0.2) is 53.1 Å². The fourth-order valence-corrected chi connectivity index (χ4v) is 2.16. The number of nitrogens with zero attached hydrogens (tertiary/aromatic N) is 1. The molecule has 0 aliphatic heterocycles. The van der Waals surface area contributed by atoms with Gasteiger partial charge in [-0.3, -0.25) is 0 Å². The maximum absolute atomic E-state index is 4.23. The number of hydrogen-bond donors (Lipinski definition) is 2. The molecule has 0 saturated heterocycles. The highest BCUT2D eigenvalue weighted by atomic mass is 79.9. The van der Waals surface area contributed by atoms with Crippen LogP contribution in [0.3, 0.4) is 0 Å². The van der Waals surface area contributed by atoms with Crippen molar-refractivity contribution in [2.75, 3.05) is 18.4 Å². The summed E-state index contributed by atoms with van der Waals surface area (Å²) in [4.78, 5) is 4.23. The standard InChI is InChI=1S/C16H20BrN3/c17-15-8-6-14(7-9-15)13-18-10-3-4-12-20-16-5-1-2-11-19-16/h1-2,5-9,11,18H,3-4,10,12-13H2,(H,19,20). The number of anilines is 1. The van der Waals surface area contributed by atoms with Gasteiger partial charge in [-0.15, -0.1) is 0 Å². The highest BCUT2D eigenvalue weighted by Gasteiger charge is 1.94. The maximum Gasteiger partial charge on any atom is 0.125 e. The van der Waals surface area contributed by atoms with Gasteiger partial charge in [0.2, 0.25) is 0 Å². The Kier molecular flexibility index (Phi) is 6.54. The van der Waals surface area contributed by atoms with Crippen molar-refractivity contribution in [1.29, 1.82) is 0 Å². The molecule has 0 radical (unpaired) electrons. The Balaban J connectivity index is 1.51. The van der Waals surface area contributed by atoms with Gasteiger partial charge in [-0.25, -0.2) is 4.98 Å². The van der Waals surface area contributed by atoms with E-state index < -0.39 is 0 Å². The van der Waals surface area contributed by atoms with Gasteiger partial charge in [-0.2, -0.15) is 0 Å². The molecule has 3 nitrogen and oxygen atoms in total. The van der Waals surface area contributed by atoms with Gasteiger partial charge in [-0.1, -0.05) is 34.1 Å². The molecule has 0 unspecified atom stereocenters. The van der Waals surface area contributed by atoms with E-state index in [1.165, 1.54) is 5.56 Å². The molecule has 0 aliphatic carbocycles. The second-order valence-corrected chi connectivity index (χ2v) is 5.57. The number of nitrogens with one attached hydrogen (secondary N) is 2. The maximum atomic E-state index is 4.23. The van der Waals surface area contributed by atoms with Crippen molar-refractivity contribution >= 4 is 21.7 Å². The van der Waals surface area contributed by atoms with Crippen LogP contribution < -0.4 is 10.6 Å². The normalized spacial score (nSPS) is 10.4. The zero-order valence-electron chi connectivity index (χ0n) is 11.5. The topological polar surface area (TPSA) is 37.0 Å². The van der Waals surface area contributed by atoms with Crippen LogP contribution in [0.25, 0.3) is 0 Å². The molecule has 1 aromatic heterocycles. The largest absolute Gasteiger partial charge is 0.370 e. The number of halogens is 1. The lowest BCUT2D eigenvalue weighted by molar-refractivity contribution is 0.632. The third-order valence-electron chi connectivity index (χ3n) is 2.99. The summed E-state index contributed by atoms with van der Waals surface area (Å²) >= 11 is 3.44. The Morgan fingerprint density at radius 1 is 0.950 bits per heavy atom. The third kappa shape index (κ3) is 5.72. The Morgan fingerprint density at radius 2 is 1.75 bits per heavy atom. The van der Waals surface area contributed by atoms with Crippen molar-refractivity contribution in [2.24, 2.45) is 0 Å². The second-order valence-electron chi connectivity index (χ2n) is 4.65. The average molecular weight is 334 g/mol. The van der Waals surface area contributed by atoms with Crippen molar-refractivity contribution in [2.45, 2.75) is 19.4 Å². The smallest absolute Gasteiger partial charge is 0.125 e. The third-order valence-corrected chi connectivity index (χ3v) is 3.52. The quantitative estimate of drug-likeness (QED) is 0.721. The summed E-state index contributed by atoms with van der Waals surface area (Å²) in [5.41, 5.74) is 1.32. The van der Waals surface area contributed by atoms with E-state index in [2.05, 4.69) is 55.8 Å². The lowest BCUT2D eigenvalue weighted by atomic mass is 10.2. The van der Waals surface area contributed by atoms with E-state index in [0.29, 0.717) is 0 Å². The van der Waals surface area contributed by atoms with Gasteiger partial charge in [0, 0.05) is 23.8 Å². The van der Waals surface area contributed by atoms with Gasteiger partial charge in [0.1, 0.15) is 5.82 Å². The van der Waals surface area contributed by atoms with Gasteiger partial charge in [0.15, 0.2) is 0 Å². The van der Waals surface area contributed by atoms with Crippen LogP contribution >= 0.6 is 15.9 Å². The highest BCUT2D eigenvalue weighted by Crippen LogP contribution is 2.10. The molecule has 106 valence electrons. The van der Waals surface area contributed by atoms with Gasteiger partial charge in [0.05, 0.1) is 0 Å². The molecular weight excluding hydrogens is 314 g/mol. The average Bonchev–Trinajstić information content (AvgIpc) is 2.49. The van der Waals surface area contributed by atoms with Crippen molar-refractivity contribution < 1.29 is 0 Å². The van der Waals surface area contributed by atoms with Gasteiger partial charge in [-0.05, 0) is 49.2 Å². The first kappa shape index (κ1) is 15.0. The monoisotopic (exact) mass is 333 g/mol. The van der Waals surface area contributed by atoms with Crippen LogP contribution in [0.4, 0.5) is 5.82 Å². The van der Waals surface area contributed by atoms with E-state index in [1.54, 1.807) is 0 Å². The summed E-state index contributed by atoms with van der Waals surface area (Å²) in [6.45, 7) is 2.94.